The molecule has 0 saturated carbocycles. The molecule has 1 aromatic heterocycles. The Kier molecular flexibility index (Phi) is 6.11. The molecule has 2 atom stereocenters. The van der Waals surface area contributed by atoms with Gasteiger partial charge >= 0.3 is 0 Å². The summed E-state index contributed by atoms with van der Waals surface area (Å²) in [5.41, 5.74) is 3.50. The molecular weight excluding hydrogens is 282 g/mol. The van der Waals surface area contributed by atoms with Crippen LogP contribution in [-0.2, 0) is 0 Å². The Bertz CT molecular complexity index is 444. The average Bonchev–Trinajstić information content (AvgIpc) is 2.49. The summed E-state index contributed by atoms with van der Waals surface area (Å²) in [5.74, 6) is 1.78. The minimum Gasteiger partial charge on any atom is -0.370 e. The van der Waals surface area contributed by atoms with Gasteiger partial charge in [-0.15, -0.1) is 0 Å². The molecule has 2 unspecified atom stereocenters. The fourth-order valence-electron chi connectivity index (χ4n) is 2.69. The predicted molar refractivity (Wildman–Crippen MR) is 90.8 cm³/mol. The third-order valence-corrected chi connectivity index (χ3v) is 4.43. The van der Waals surface area contributed by atoms with E-state index in [1.807, 2.05) is 12.3 Å². The summed E-state index contributed by atoms with van der Waals surface area (Å²) in [6.45, 7) is 7.63. The van der Waals surface area contributed by atoms with Crippen molar-refractivity contribution in [3.05, 3.63) is 6.07 Å². The van der Waals surface area contributed by atoms with Crippen LogP contribution in [0.5, 0.6) is 0 Å². The van der Waals surface area contributed by atoms with Crippen LogP contribution in [0.2, 0.25) is 0 Å². The first-order chi connectivity index (χ1) is 10.1. The highest BCUT2D eigenvalue weighted by atomic mass is 32.2. The minimum absolute atomic E-state index is 0.536. The topological polar surface area (TPSA) is 53.1 Å². The third-order valence-electron chi connectivity index (χ3n) is 3.88. The van der Waals surface area contributed by atoms with Gasteiger partial charge in [0.25, 0.3) is 0 Å². The molecule has 1 aliphatic heterocycles. The van der Waals surface area contributed by atoms with Gasteiger partial charge in [0.1, 0.15) is 11.6 Å². The van der Waals surface area contributed by atoms with Gasteiger partial charge in [0.05, 0.1) is 0 Å². The van der Waals surface area contributed by atoms with Crippen molar-refractivity contribution in [2.75, 3.05) is 23.5 Å². The van der Waals surface area contributed by atoms with Gasteiger partial charge < -0.3 is 10.7 Å². The van der Waals surface area contributed by atoms with Crippen molar-refractivity contribution < 1.29 is 0 Å². The summed E-state index contributed by atoms with van der Waals surface area (Å²) < 4.78 is 0. The molecule has 0 amide bonds. The number of nitrogens with one attached hydrogen (secondary N) is 2. The summed E-state index contributed by atoms with van der Waals surface area (Å²) in [7, 11) is 0. The van der Waals surface area contributed by atoms with Crippen LogP contribution < -0.4 is 10.7 Å². The van der Waals surface area contributed by atoms with E-state index in [4.69, 9.17) is 0 Å². The summed E-state index contributed by atoms with van der Waals surface area (Å²) in [4.78, 5) is 9.08. The van der Waals surface area contributed by atoms with Crippen LogP contribution in [0.3, 0.4) is 0 Å². The van der Waals surface area contributed by atoms with E-state index in [0.717, 1.165) is 29.8 Å². The average molecular weight is 309 g/mol. The molecule has 5 nitrogen and oxygen atoms in total. The van der Waals surface area contributed by atoms with Crippen molar-refractivity contribution in [1.82, 2.24) is 15.0 Å². The summed E-state index contributed by atoms with van der Waals surface area (Å²) in [6.07, 6.45) is 6.87. The Morgan fingerprint density at radius 3 is 2.52 bits per heavy atom. The molecule has 1 aromatic rings. The highest BCUT2D eigenvalue weighted by Crippen LogP contribution is 2.24. The number of anilines is 2. The molecule has 2 heterocycles. The number of rotatable bonds is 6. The number of hydrogen-bond donors (Lipinski definition) is 2. The van der Waals surface area contributed by atoms with Crippen LogP contribution in [0, 0.1) is 0 Å². The van der Waals surface area contributed by atoms with Crippen LogP contribution in [0.25, 0.3) is 0 Å². The first-order valence-electron chi connectivity index (χ1n) is 7.86. The number of hydrogen-bond acceptors (Lipinski definition) is 6. The normalized spacial score (nSPS) is 23.0. The molecule has 21 heavy (non-hydrogen) atoms. The SMILES string of the molecule is CCCNc1cc(NN2C(C)CCCC2C)nc(SC)n1. The van der Waals surface area contributed by atoms with Gasteiger partial charge in [0, 0.05) is 24.7 Å². The van der Waals surface area contributed by atoms with E-state index in [2.05, 4.69) is 46.5 Å². The molecule has 0 aromatic carbocycles. The van der Waals surface area contributed by atoms with Gasteiger partial charge in [-0.3, -0.25) is 0 Å². The van der Waals surface area contributed by atoms with E-state index in [1.54, 1.807) is 11.8 Å². The smallest absolute Gasteiger partial charge is 0.191 e. The lowest BCUT2D eigenvalue weighted by Crippen LogP contribution is -2.47. The van der Waals surface area contributed by atoms with Crippen molar-refractivity contribution >= 4 is 23.4 Å². The van der Waals surface area contributed by atoms with Crippen LogP contribution in [0.15, 0.2) is 11.2 Å². The second kappa shape index (κ2) is 7.84. The van der Waals surface area contributed by atoms with Crippen molar-refractivity contribution in [3.8, 4) is 0 Å². The molecule has 1 saturated heterocycles. The summed E-state index contributed by atoms with van der Waals surface area (Å²) in [6, 6.07) is 3.07. The van der Waals surface area contributed by atoms with Crippen LogP contribution >= 0.6 is 11.8 Å². The third kappa shape index (κ3) is 4.48. The van der Waals surface area contributed by atoms with Gasteiger partial charge in [0.2, 0.25) is 0 Å². The van der Waals surface area contributed by atoms with Crippen molar-refractivity contribution in [1.29, 1.82) is 0 Å². The van der Waals surface area contributed by atoms with E-state index in [9.17, 15) is 0 Å². The zero-order valence-electron chi connectivity index (χ0n) is 13.5. The second-order valence-corrected chi connectivity index (χ2v) is 6.47. The van der Waals surface area contributed by atoms with E-state index < -0.39 is 0 Å². The molecule has 2 rings (SSSR count). The Labute approximate surface area is 132 Å². The molecule has 6 heteroatoms. The number of hydrazine groups is 1. The van der Waals surface area contributed by atoms with Gasteiger partial charge in [-0.2, -0.15) is 0 Å². The van der Waals surface area contributed by atoms with Gasteiger partial charge in [0.15, 0.2) is 5.16 Å². The van der Waals surface area contributed by atoms with Gasteiger partial charge in [-0.05, 0) is 39.4 Å². The lowest BCUT2D eigenvalue weighted by molar-refractivity contribution is 0.135. The number of thioether (sulfide) groups is 1. The first-order valence-corrected chi connectivity index (χ1v) is 9.08. The number of nitrogens with zero attached hydrogens (tertiary/aromatic N) is 3. The van der Waals surface area contributed by atoms with E-state index in [0.29, 0.717) is 12.1 Å². The Morgan fingerprint density at radius 2 is 1.90 bits per heavy atom. The maximum Gasteiger partial charge on any atom is 0.191 e. The second-order valence-electron chi connectivity index (χ2n) is 5.70. The van der Waals surface area contributed by atoms with Crippen molar-refractivity contribution in [3.63, 3.8) is 0 Å². The van der Waals surface area contributed by atoms with E-state index >= 15 is 0 Å². The first kappa shape index (κ1) is 16.4. The molecule has 0 radical (unpaired) electrons. The molecular formula is C15H27N5S. The van der Waals surface area contributed by atoms with Crippen LogP contribution in [0.4, 0.5) is 11.6 Å². The van der Waals surface area contributed by atoms with E-state index in [1.165, 1.54) is 19.3 Å². The molecule has 1 aliphatic rings. The van der Waals surface area contributed by atoms with Gasteiger partial charge in [-0.25, -0.2) is 15.0 Å². The number of piperidine rings is 1. The maximum atomic E-state index is 4.58. The zero-order valence-corrected chi connectivity index (χ0v) is 14.3. The molecule has 0 spiro atoms. The maximum absolute atomic E-state index is 4.58. The highest BCUT2D eigenvalue weighted by molar-refractivity contribution is 7.98. The van der Waals surface area contributed by atoms with E-state index in [-0.39, 0.29) is 0 Å². The van der Waals surface area contributed by atoms with Crippen LogP contribution in [0.1, 0.15) is 46.5 Å². The molecule has 2 N–H and O–H groups in total. The monoisotopic (exact) mass is 309 g/mol. The van der Waals surface area contributed by atoms with Crippen molar-refractivity contribution in [2.45, 2.75) is 63.7 Å². The molecule has 0 bridgehead atoms. The summed E-state index contributed by atoms with van der Waals surface area (Å²) >= 11 is 1.57. The van der Waals surface area contributed by atoms with Crippen molar-refractivity contribution in [2.24, 2.45) is 0 Å². The zero-order chi connectivity index (χ0) is 15.2. The Morgan fingerprint density at radius 1 is 1.24 bits per heavy atom. The van der Waals surface area contributed by atoms with Gasteiger partial charge in [-0.1, -0.05) is 25.1 Å². The summed E-state index contributed by atoms with van der Waals surface area (Å²) in [5, 5.41) is 6.48. The fraction of sp³-hybridized carbons (Fsp3) is 0.733. The molecule has 118 valence electrons. The van der Waals surface area contributed by atoms with Crippen LogP contribution in [-0.4, -0.2) is 39.9 Å². The standard InChI is InChI=1S/C15H27N5S/c1-5-9-16-13-10-14(18-15(17-13)21-4)19-20-11(2)7-6-8-12(20)3/h10-12H,5-9H2,1-4H3,(H2,16,17,18,19). The lowest BCUT2D eigenvalue weighted by Gasteiger charge is -2.39. The molecule has 1 fully saturated rings. The highest BCUT2D eigenvalue weighted by Gasteiger charge is 2.25. The Hall–Kier alpha value is -1.01. The lowest BCUT2D eigenvalue weighted by atomic mass is 10.00. The predicted octanol–water partition coefficient (Wildman–Crippen LogP) is 3.61. The Balaban J connectivity index is 2.13. The molecule has 0 aliphatic carbocycles. The quantitative estimate of drug-likeness (QED) is 0.618. The number of aromatic nitrogens is 2. The minimum atomic E-state index is 0.536. The largest absolute Gasteiger partial charge is 0.370 e. The fourth-order valence-corrected chi connectivity index (χ4v) is 3.07.